The Morgan fingerprint density at radius 2 is 1.81 bits per heavy atom. The van der Waals surface area contributed by atoms with Crippen LogP contribution in [0.5, 0.6) is 0 Å². The van der Waals surface area contributed by atoms with Gasteiger partial charge in [-0.25, -0.2) is 4.79 Å². The second-order valence-electron chi connectivity index (χ2n) is 5.09. The monoisotopic (exact) mass is 294 g/mol. The summed E-state index contributed by atoms with van der Waals surface area (Å²) in [5, 5.41) is 17.4. The van der Waals surface area contributed by atoms with Crippen LogP contribution in [0.25, 0.3) is 0 Å². The molecule has 2 rings (SSSR count). The quantitative estimate of drug-likeness (QED) is 0.833. The summed E-state index contributed by atoms with van der Waals surface area (Å²) in [7, 11) is 1.41. The molecule has 1 saturated carbocycles. The maximum atomic E-state index is 10.9. The van der Waals surface area contributed by atoms with Crippen molar-refractivity contribution in [2.75, 3.05) is 13.7 Å². The lowest BCUT2D eigenvalue weighted by Gasteiger charge is -2.15. The topological polar surface area (TPSA) is 83.8 Å². The fourth-order valence-electron chi connectivity index (χ4n) is 2.50. The van der Waals surface area contributed by atoms with Crippen LogP contribution in [0.1, 0.15) is 36.0 Å². The molecule has 0 saturated heterocycles. The number of methoxy groups -OCH3 is 1. The summed E-state index contributed by atoms with van der Waals surface area (Å²) in [5.41, 5.74) is 0.331. The van der Waals surface area contributed by atoms with Gasteiger partial charge in [-0.1, -0.05) is 24.6 Å². The van der Waals surface area contributed by atoms with Crippen molar-refractivity contribution in [3.8, 4) is 0 Å². The van der Waals surface area contributed by atoms with Gasteiger partial charge in [-0.05, 0) is 36.8 Å². The van der Waals surface area contributed by atoms with Gasteiger partial charge in [0, 0.05) is 13.0 Å². The number of esters is 1. The number of aliphatic hydroxyl groups is 1. The van der Waals surface area contributed by atoms with Gasteiger partial charge in [0.25, 0.3) is 0 Å². The van der Waals surface area contributed by atoms with Gasteiger partial charge >= 0.3 is 11.9 Å². The Balaban J connectivity index is 0.000000219. The van der Waals surface area contributed by atoms with Crippen molar-refractivity contribution in [2.24, 2.45) is 11.8 Å². The minimum absolute atomic E-state index is 0.152. The van der Waals surface area contributed by atoms with E-state index in [1.165, 1.54) is 7.11 Å². The van der Waals surface area contributed by atoms with E-state index in [4.69, 9.17) is 10.2 Å². The number of benzene rings is 1. The molecular weight excluding hydrogens is 272 g/mol. The molecular formula is C16H22O5. The van der Waals surface area contributed by atoms with Crippen LogP contribution in [-0.2, 0) is 9.53 Å². The molecule has 1 aromatic rings. The first-order valence-electron chi connectivity index (χ1n) is 7.04. The normalized spacial score (nSPS) is 20.3. The highest BCUT2D eigenvalue weighted by atomic mass is 16.5. The highest BCUT2D eigenvalue weighted by molar-refractivity contribution is 5.87. The predicted octanol–water partition coefficient (Wildman–Crippen LogP) is 2.34. The second-order valence-corrected chi connectivity index (χ2v) is 5.09. The predicted molar refractivity (Wildman–Crippen MR) is 78.0 cm³/mol. The Hall–Kier alpha value is -1.88. The maximum Gasteiger partial charge on any atom is 0.335 e. The third kappa shape index (κ3) is 5.95. The largest absolute Gasteiger partial charge is 0.478 e. The molecule has 5 nitrogen and oxygen atoms in total. The van der Waals surface area contributed by atoms with Gasteiger partial charge in [-0.15, -0.1) is 0 Å². The number of aromatic carboxylic acids is 1. The molecule has 1 aliphatic carbocycles. The second kappa shape index (κ2) is 9.13. The van der Waals surface area contributed by atoms with Crippen LogP contribution in [0.3, 0.4) is 0 Å². The van der Waals surface area contributed by atoms with Crippen LogP contribution in [0.2, 0.25) is 0 Å². The van der Waals surface area contributed by atoms with Gasteiger partial charge in [0.2, 0.25) is 0 Å². The fraction of sp³-hybridized carbons (Fsp3) is 0.500. The van der Waals surface area contributed by atoms with Crippen LogP contribution in [0.15, 0.2) is 30.3 Å². The van der Waals surface area contributed by atoms with E-state index < -0.39 is 5.97 Å². The summed E-state index contributed by atoms with van der Waals surface area (Å²) in [6, 6.07) is 8.30. The van der Waals surface area contributed by atoms with Gasteiger partial charge in [-0.2, -0.15) is 0 Å². The molecule has 0 spiro atoms. The van der Waals surface area contributed by atoms with Crippen LogP contribution < -0.4 is 0 Å². The molecule has 1 aliphatic rings. The molecule has 0 aliphatic heterocycles. The molecule has 1 fully saturated rings. The maximum absolute atomic E-state index is 10.9. The number of ether oxygens (including phenoxy) is 1. The lowest BCUT2D eigenvalue weighted by Crippen LogP contribution is -2.16. The van der Waals surface area contributed by atoms with Crippen LogP contribution in [0.4, 0.5) is 0 Å². The third-order valence-electron chi connectivity index (χ3n) is 3.73. The number of aliphatic hydroxyl groups excluding tert-OH is 1. The number of carboxylic acids is 1. The SMILES string of the molecule is COC(=O)C[C@H]1CCCC1CO.O=C(O)c1ccccc1. The van der Waals surface area contributed by atoms with Crippen molar-refractivity contribution >= 4 is 11.9 Å². The summed E-state index contributed by atoms with van der Waals surface area (Å²) >= 11 is 0. The lowest BCUT2D eigenvalue weighted by molar-refractivity contribution is -0.142. The van der Waals surface area contributed by atoms with Crippen LogP contribution in [0, 0.1) is 11.8 Å². The molecule has 2 atom stereocenters. The zero-order chi connectivity index (χ0) is 15.7. The number of hydrogen-bond acceptors (Lipinski definition) is 4. The minimum Gasteiger partial charge on any atom is -0.478 e. The highest BCUT2D eigenvalue weighted by Crippen LogP contribution is 2.33. The van der Waals surface area contributed by atoms with Crippen LogP contribution in [-0.4, -0.2) is 35.9 Å². The number of carboxylic acid groups (broad SMARTS) is 1. The zero-order valence-corrected chi connectivity index (χ0v) is 12.2. The molecule has 0 heterocycles. The minimum atomic E-state index is -0.879. The molecule has 116 valence electrons. The Labute approximate surface area is 124 Å². The summed E-state index contributed by atoms with van der Waals surface area (Å²) in [5.74, 6) is -0.359. The van der Waals surface area contributed by atoms with Crippen molar-refractivity contribution in [3.63, 3.8) is 0 Å². The van der Waals surface area contributed by atoms with E-state index in [1.54, 1.807) is 30.3 Å². The van der Waals surface area contributed by atoms with Gasteiger partial charge in [0.05, 0.1) is 12.7 Å². The van der Waals surface area contributed by atoms with Gasteiger partial charge in [-0.3, -0.25) is 4.79 Å². The number of hydrogen-bond donors (Lipinski definition) is 2. The van der Waals surface area contributed by atoms with E-state index in [0.717, 1.165) is 19.3 Å². The van der Waals surface area contributed by atoms with Crippen molar-refractivity contribution in [1.82, 2.24) is 0 Å². The molecule has 2 N–H and O–H groups in total. The summed E-state index contributed by atoms with van der Waals surface area (Å²) < 4.78 is 4.58. The Morgan fingerprint density at radius 3 is 2.29 bits per heavy atom. The third-order valence-corrected chi connectivity index (χ3v) is 3.73. The first-order chi connectivity index (χ1) is 10.1. The van der Waals surface area contributed by atoms with E-state index in [2.05, 4.69) is 4.74 Å². The molecule has 5 heteroatoms. The molecule has 0 bridgehead atoms. The van der Waals surface area contributed by atoms with E-state index in [-0.39, 0.29) is 12.6 Å². The van der Waals surface area contributed by atoms with E-state index >= 15 is 0 Å². The van der Waals surface area contributed by atoms with Gasteiger partial charge < -0.3 is 14.9 Å². The van der Waals surface area contributed by atoms with E-state index in [9.17, 15) is 9.59 Å². The van der Waals surface area contributed by atoms with Crippen molar-refractivity contribution < 1.29 is 24.5 Å². The first-order valence-corrected chi connectivity index (χ1v) is 7.04. The van der Waals surface area contributed by atoms with E-state index in [1.807, 2.05) is 0 Å². The number of carbonyl (C=O) groups excluding carboxylic acids is 1. The van der Waals surface area contributed by atoms with E-state index in [0.29, 0.717) is 23.8 Å². The molecule has 0 amide bonds. The van der Waals surface area contributed by atoms with Gasteiger partial charge in [0.15, 0.2) is 0 Å². The average Bonchev–Trinajstić information content (AvgIpc) is 2.95. The average molecular weight is 294 g/mol. The Bertz CT molecular complexity index is 443. The molecule has 21 heavy (non-hydrogen) atoms. The van der Waals surface area contributed by atoms with Crippen LogP contribution >= 0.6 is 0 Å². The Morgan fingerprint density at radius 1 is 1.19 bits per heavy atom. The number of carbonyl (C=O) groups is 2. The highest BCUT2D eigenvalue weighted by Gasteiger charge is 2.28. The smallest absolute Gasteiger partial charge is 0.335 e. The van der Waals surface area contributed by atoms with Crippen molar-refractivity contribution in [1.29, 1.82) is 0 Å². The zero-order valence-electron chi connectivity index (χ0n) is 12.2. The molecule has 1 unspecified atom stereocenters. The first kappa shape index (κ1) is 17.2. The van der Waals surface area contributed by atoms with Crippen molar-refractivity contribution in [2.45, 2.75) is 25.7 Å². The lowest BCUT2D eigenvalue weighted by atomic mass is 9.94. The Kier molecular flexibility index (Phi) is 7.46. The molecule has 1 aromatic carbocycles. The van der Waals surface area contributed by atoms with Gasteiger partial charge in [0.1, 0.15) is 0 Å². The number of rotatable bonds is 4. The van der Waals surface area contributed by atoms with Crippen molar-refractivity contribution in [3.05, 3.63) is 35.9 Å². The summed E-state index contributed by atoms with van der Waals surface area (Å²) in [6.07, 6.45) is 3.72. The summed E-state index contributed by atoms with van der Waals surface area (Å²) in [6.45, 7) is 0.210. The molecule has 0 radical (unpaired) electrons. The fourth-order valence-corrected chi connectivity index (χ4v) is 2.50. The summed E-state index contributed by atoms with van der Waals surface area (Å²) in [4.78, 5) is 21.1. The standard InChI is InChI=1S/C9H16O3.C7H6O2/c1-12-9(11)5-7-3-2-4-8(7)6-10;8-7(9)6-4-2-1-3-5-6/h7-8,10H,2-6H2,1H3;1-5H,(H,8,9)/t7-,8?;/m1./s1. The molecule has 0 aromatic heterocycles.